The lowest BCUT2D eigenvalue weighted by atomic mass is 9.86. The standard InChI is InChI=1S/C28H37Cl2N3O3S/c1-28(2,3)31-18-19-10-12-23-20(15-19)7-6-9-26(23)32-27(34)16-21-8-4-5-14-33(21)37(35,36)22-11-13-24(29)25(30)17-22/h10-13,15,17,21,26,31H,4-9,14,16,18H2,1-3H3,(H,32,34)/t21?,26-/m1/s1. The second kappa shape index (κ2) is 11.6. The first kappa shape index (κ1) is 28.4. The van der Waals surface area contributed by atoms with Gasteiger partial charge in [0.05, 0.1) is 21.0 Å². The number of aryl methyl sites for hydroxylation is 1. The minimum absolute atomic E-state index is 0.0483. The summed E-state index contributed by atoms with van der Waals surface area (Å²) in [5, 5.41) is 7.24. The molecule has 1 heterocycles. The quantitative estimate of drug-likeness (QED) is 0.431. The number of rotatable bonds is 7. The van der Waals surface area contributed by atoms with Gasteiger partial charge in [-0.2, -0.15) is 4.31 Å². The highest BCUT2D eigenvalue weighted by Crippen LogP contribution is 2.33. The van der Waals surface area contributed by atoms with Crippen molar-refractivity contribution in [3.8, 4) is 0 Å². The monoisotopic (exact) mass is 565 g/mol. The zero-order chi connectivity index (χ0) is 26.8. The lowest BCUT2D eigenvalue weighted by Crippen LogP contribution is -2.46. The Balaban J connectivity index is 1.44. The summed E-state index contributed by atoms with van der Waals surface area (Å²) in [5.74, 6) is -0.113. The Kier molecular flexibility index (Phi) is 8.91. The van der Waals surface area contributed by atoms with Gasteiger partial charge in [-0.1, -0.05) is 47.8 Å². The molecule has 2 aliphatic rings. The number of piperidine rings is 1. The molecule has 0 spiro atoms. The molecule has 1 aliphatic carbocycles. The maximum atomic E-state index is 13.4. The zero-order valence-electron chi connectivity index (χ0n) is 21.8. The largest absolute Gasteiger partial charge is 0.349 e. The van der Waals surface area contributed by atoms with Gasteiger partial charge in [-0.3, -0.25) is 4.79 Å². The lowest BCUT2D eigenvalue weighted by Gasteiger charge is -2.35. The van der Waals surface area contributed by atoms with Crippen molar-refractivity contribution < 1.29 is 13.2 Å². The second-order valence-corrected chi connectivity index (χ2v) is 13.9. The Bertz CT molecular complexity index is 1240. The Morgan fingerprint density at radius 3 is 2.54 bits per heavy atom. The number of hydrogen-bond donors (Lipinski definition) is 2. The van der Waals surface area contributed by atoms with Gasteiger partial charge in [0.15, 0.2) is 0 Å². The highest BCUT2D eigenvalue weighted by molar-refractivity contribution is 7.89. The summed E-state index contributed by atoms with van der Waals surface area (Å²) in [7, 11) is -3.79. The number of carbonyl (C=O) groups excluding carboxylic acids is 1. The molecule has 1 unspecified atom stereocenters. The number of carbonyl (C=O) groups is 1. The van der Waals surface area contributed by atoms with Crippen LogP contribution in [0.25, 0.3) is 0 Å². The van der Waals surface area contributed by atoms with Crippen LogP contribution >= 0.6 is 23.2 Å². The summed E-state index contributed by atoms with van der Waals surface area (Å²) in [6.45, 7) is 7.65. The second-order valence-electron chi connectivity index (χ2n) is 11.2. The van der Waals surface area contributed by atoms with Crippen LogP contribution in [-0.4, -0.2) is 36.8 Å². The molecule has 0 radical (unpaired) electrons. The van der Waals surface area contributed by atoms with Crippen molar-refractivity contribution in [2.45, 2.75) is 94.8 Å². The fourth-order valence-electron chi connectivity index (χ4n) is 5.23. The number of fused-ring (bicyclic) bond motifs is 1. The predicted octanol–water partition coefficient (Wildman–Crippen LogP) is 6.01. The normalized spacial score (nSPS) is 20.9. The topological polar surface area (TPSA) is 78.5 Å². The van der Waals surface area contributed by atoms with Crippen LogP contribution in [0.2, 0.25) is 10.0 Å². The Morgan fingerprint density at radius 1 is 1.03 bits per heavy atom. The van der Waals surface area contributed by atoms with Crippen molar-refractivity contribution >= 4 is 39.1 Å². The van der Waals surface area contributed by atoms with Crippen molar-refractivity contribution in [1.29, 1.82) is 0 Å². The average Bonchev–Trinajstić information content (AvgIpc) is 2.84. The molecule has 2 aromatic carbocycles. The van der Waals surface area contributed by atoms with Crippen molar-refractivity contribution in [3.05, 3.63) is 63.1 Å². The maximum absolute atomic E-state index is 13.4. The molecule has 9 heteroatoms. The van der Waals surface area contributed by atoms with E-state index >= 15 is 0 Å². The van der Waals surface area contributed by atoms with E-state index < -0.39 is 10.0 Å². The van der Waals surface area contributed by atoms with E-state index in [0.29, 0.717) is 18.0 Å². The highest BCUT2D eigenvalue weighted by Gasteiger charge is 2.35. The van der Waals surface area contributed by atoms with E-state index in [1.54, 1.807) is 0 Å². The molecule has 6 nitrogen and oxygen atoms in total. The van der Waals surface area contributed by atoms with Crippen LogP contribution in [-0.2, 0) is 27.8 Å². The lowest BCUT2D eigenvalue weighted by molar-refractivity contribution is -0.123. The van der Waals surface area contributed by atoms with Gasteiger partial charge in [0.1, 0.15) is 0 Å². The minimum Gasteiger partial charge on any atom is -0.349 e. The van der Waals surface area contributed by atoms with E-state index in [1.807, 2.05) is 0 Å². The molecule has 2 atom stereocenters. The number of halogens is 2. The fraction of sp³-hybridized carbons (Fsp3) is 0.536. The highest BCUT2D eigenvalue weighted by atomic mass is 35.5. The van der Waals surface area contributed by atoms with Gasteiger partial charge >= 0.3 is 0 Å². The molecule has 0 aromatic heterocycles. The van der Waals surface area contributed by atoms with Crippen LogP contribution in [0.1, 0.15) is 82.0 Å². The summed E-state index contributed by atoms with van der Waals surface area (Å²) < 4.78 is 28.3. The van der Waals surface area contributed by atoms with Crippen LogP contribution in [0.4, 0.5) is 0 Å². The number of hydrogen-bond acceptors (Lipinski definition) is 4. The third-order valence-electron chi connectivity index (χ3n) is 7.17. The van der Waals surface area contributed by atoms with Gasteiger partial charge in [0.2, 0.25) is 15.9 Å². The average molecular weight is 567 g/mol. The molecule has 0 bridgehead atoms. The van der Waals surface area contributed by atoms with Crippen molar-refractivity contribution in [3.63, 3.8) is 0 Å². The third kappa shape index (κ3) is 7.07. The molecule has 1 saturated heterocycles. The van der Waals surface area contributed by atoms with E-state index in [2.05, 4.69) is 49.6 Å². The van der Waals surface area contributed by atoms with Crippen LogP contribution in [0.15, 0.2) is 41.3 Å². The van der Waals surface area contributed by atoms with Crippen molar-refractivity contribution in [2.24, 2.45) is 0 Å². The van der Waals surface area contributed by atoms with Gasteiger partial charge in [-0.25, -0.2) is 8.42 Å². The smallest absolute Gasteiger partial charge is 0.243 e. The van der Waals surface area contributed by atoms with Gasteiger partial charge in [0.25, 0.3) is 0 Å². The predicted molar refractivity (Wildman–Crippen MR) is 149 cm³/mol. The first-order valence-corrected chi connectivity index (χ1v) is 15.3. The number of amides is 1. The summed E-state index contributed by atoms with van der Waals surface area (Å²) in [5.41, 5.74) is 3.74. The van der Waals surface area contributed by atoms with Gasteiger partial charge in [0, 0.05) is 31.1 Å². The molecule has 202 valence electrons. The zero-order valence-corrected chi connectivity index (χ0v) is 24.1. The molecule has 1 fully saturated rings. The number of benzene rings is 2. The summed E-state index contributed by atoms with van der Waals surface area (Å²) >= 11 is 12.1. The fourth-order valence-corrected chi connectivity index (χ4v) is 7.31. The summed E-state index contributed by atoms with van der Waals surface area (Å²) in [6.07, 6.45) is 5.34. The van der Waals surface area contributed by atoms with Gasteiger partial charge < -0.3 is 10.6 Å². The SMILES string of the molecule is CC(C)(C)NCc1ccc2c(c1)CCC[C@H]2NC(=O)CC1CCCCN1S(=O)(=O)c1ccc(Cl)c(Cl)c1. The van der Waals surface area contributed by atoms with E-state index in [-0.39, 0.29) is 39.9 Å². The molecule has 0 saturated carbocycles. The van der Waals surface area contributed by atoms with Crippen molar-refractivity contribution in [2.75, 3.05) is 6.54 Å². The maximum Gasteiger partial charge on any atom is 0.243 e. The van der Waals surface area contributed by atoms with Crippen molar-refractivity contribution in [1.82, 2.24) is 14.9 Å². The molecule has 37 heavy (non-hydrogen) atoms. The molecule has 4 rings (SSSR count). The number of nitrogens with one attached hydrogen (secondary N) is 2. The Labute approximate surface area is 231 Å². The van der Waals surface area contributed by atoms with Crippen LogP contribution < -0.4 is 10.6 Å². The Morgan fingerprint density at radius 2 is 1.81 bits per heavy atom. The number of nitrogens with zero attached hydrogens (tertiary/aromatic N) is 1. The number of sulfonamides is 1. The molecular formula is C28H37Cl2N3O3S. The molecule has 1 aliphatic heterocycles. The van der Waals surface area contributed by atoms with Gasteiger partial charge in [-0.15, -0.1) is 0 Å². The van der Waals surface area contributed by atoms with E-state index in [0.717, 1.165) is 38.6 Å². The summed E-state index contributed by atoms with van der Waals surface area (Å²) in [4.78, 5) is 13.3. The van der Waals surface area contributed by atoms with Crippen LogP contribution in [0.3, 0.4) is 0 Å². The molecule has 2 N–H and O–H groups in total. The first-order chi connectivity index (χ1) is 17.4. The summed E-state index contributed by atoms with van der Waals surface area (Å²) in [6, 6.07) is 10.4. The van der Waals surface area contributed by atoms with Crippen LogP contribution in [0, 0.1) is 0 Å². The van der Waals surface area contributed by atoms with Crippen LogP contribution in [0.5, 0.6) is 0 Å². The third-order valence-corrected chi connectivity index (χ3v) is 9.86. The van der Waals surface area contributed by atoms with E-state index in [1.165, 1.54) is 39.2 Å². The molecule has 1 amide bonds. The molecule has 2 aromatic rings. The molecular weight excluding hydrogens is 529 g/mol. The minimum atomic E-state index is -3.79. The Hall–Kier alpha value is -1.64. The van der Waals surface area contributed by atoms with E-state index in [4.69, 9.17) is 23.2 Å². The van der Waals surface area contributed by atoms with E-state index in [9.17, 15) is 13.2 Å². The van der Waals surface area contributed by atoms with Gasteiger partial charge in [-0.05, 0) is 87.8 Å². The first-order valence-electron chi connectivity index (χ1n) is 13.1.